The third-order valence-corrected chi connectivity index (χ3v) is 13.4. The van der Waals surface area contributed by atoms with Crippen molar-refractivity contribution in [2.45, 2.75) is 99.3 Å². The number of allylic oxidation sites excluding steroid dienone is 2. The van der Waals surface area contributed by atoms with Gasteiger partial charge in [0.05, 0.1) is 5.41 Å². The van der Waals surface area contributed by atoms with Gasteiger partial charge in [-0.15, -0.1) is 0 Å². The summed E-state index contributed by atoms with van der Waals surface area (Å²) in [6, 6.07) is 0. The maximum absolute atomic E-state index is 12.7. The van der Waals surface area contributed by atoms with Gasteiger partial charge in [0, 0.05) is 11.3 Å². The smallest absolute Gasteiger partial charge is 0.309 e. The van der Waals surface area contributed by atoms with Gasteiger partial charge in [0.25, 0.3) is 0 Å². The van der Waals surface area contributed by atoms with Crippen molar-refractivity contribution < 1.29 is 24.6 Å². The molecule has 0 aromatic rings. The zero-order valence-corrected chi connectivity index (χ0v) is 22.4. The highest BCUT2D eigenvalue weighted by Gasteiger charge is 2.72. The van der Waals surface area contributed by atoms with Crippen LogP contribution in [0, 0.1) is 56.2 Å². The van der Waals surface area contributed by atoms with E-state index in [9.17, 15) is 24.6 Å². The van der Waals surface area contributed by atoms with Crippen LogP contribution in [-0.4, -0.2) is 28.3 Å². The number of carboxylic acids is 1. The van der Waals surface area contributed by atoms with Crippen molar-refractivity contribution >= 4 is 18.0 Å². The molecule has 5 aliphatic carbocycles. The van der Waals surface area contributed by atoms with Crippen LogP contribution in [0.4, 0.5) is 0 Å². The number of rotatable bonds is 2. The molecule has 0 unspecified atom stereocenters. The molecule has 0 heterocycles. The van der Waals surface area contributed by atoms with Crippen molar-refractivity contribution in [1.29, 1.82) is 0 Å². The minimum absolute atomic E-state index is 0.0180. The maximum atomic E-state index is 12.7. The van der Waals surface area contributed by atoms with E-state index in [2.05, 4.69) is 27.7 Å². The lowest BCUT2D eigenvalue weighted by atomic mass is 9.30. The largest absolute Gasteiger partial charge is 0.505 e. The Morgan fingerprint density at radius 3 is 2.17 bits per heavy atom. The number of hydrogen-bond acceptors (Lipinski definition) is 4. The normalized spacial score (nSPS) is 55.5. The fraction of sp³-hybridized carbons (Fsp3) is 0.833. The minimum atomic E-state index is -0.742. The second kappa shape index (κ2) is 7.22. The van der Waals surface area contributed by atoms with Crippen molar-refractivity contribution in [2.75, 3.05) is 0 Å². The summed E-state index contributed by atoms with van der Waals surface area (Å²) >= 11 is 0. The Balaban J connectivity index is 1.59. The Hall–Kier alpha value is -1.65. The van der Waals surface area contributed by atoms with Crippen LogP contribution in [0.1, 0.15) is 99.3 Å². The summed E-state index contributed by atoms with van der Waals surface area (Å²) < 4.78 is 0. The van der Waals surface area contributed by atoms with Gasteiger partial charge in [-0.3, -0.25) is 9.59 Å². The van der Waals surface area contributed by atoms with Crippen LogP contribution >= 0.6 is 0 Å². The average molecular weight is 485 g/mol. The van der Waals surface area contributed by atoms with Gasteiger partial charge < -0.3 is 15.0 Å². The summed E-state index contributed by atoms with van der Waals surface area (Å²) in [6.07, 6.45) is 11.0. The van der Waals surface area contributed by atoms with Gasteiger partial charge in [-0.2, -0.15) is 0 Å². The number of aliphatic hydroxyl groups is 1. The van der Waals surface area contributed by atoms with Gasteiger partial charge in [-0.25, -0.2) is 0 Å². The van der Waals surface area contributed by atoms with Crippen LogP contribution in [0.25, 0.3) is 0 Å². The SMILES string of the molecule is C[C@H]1C(=O)C(O)=C[C@H]2[C@]3(C)CC[C@@]4(C)[C@H]5C[C@](C)(C(=O)O)CC[C@]5(C)CC[C@]4(C)[C@@H]3CC[C@]12C=O. The predicted octanol–water partition coefficient (Wildman–Crippen LogP) is 6.36. The quantitative estimate of drug-likeness (QED) is 0.445. The van der Waals surface area contributed by atoms with Gasteiger partial charge in [-0.05, 0) is 110 Å². The first-order valence-corrected chi connectivity index (χ1v) is 13.8. The number of hydrogen-bond donors (Lipinski definition) is 2. The van der Waals surface area contributed by atoms with E-state index >= 15 is 0 Å². The van der Waals surface area contributed by atoms with Gasteiger partial charge in [-0.1, -0.05) is 34.6 Å². The number of aldehydes is 1. The number of aliphatic carboxylic acids is 1. The van der Waals surface area contributed by atoms with Crippen molar-refractivity contribution in [3.8, 4) is 0 Å². The molecular weight excluding hydrogens is 440 g/mol. The molecule has 0 radical (unpaired) electrons. The molecule has 10 atom stereocenters. The molecule has 0 saturated heterocycles. The van der Waals surface area contributed by atoms with E-state index in [0.717, 1.165) is 57.7 Å². The number of carbonyl (C=O) groups is 3. The van der Waals surface area contributed by atoms with Crippen LogP contribution in [0.3, 0.4) is 0 Å². The molecule has 2 N–H and O–H groups in total. The van der Waals surface area contributed by atoms with Gasteiger partial charge in [0.2, 0.25) is 5.78 Å². The number of carboxylic acid groups (broad SMARTS) is 1. The van der Waals surface area contributed by atoms with Crippen LogP contribution in [0.15, 0.2) is 11.8 Å². The Labute approximate surface area is 210 Å². The minimum Gasteiger partial charge on any atom is -0.505 e. The summed E-state index contributed by atoms with van der Waals surface area (Å²) in [7, 11) is 0. The Morgan fingerprint density at radius 2 is 1.54 bits per heavy atom. The van der Waals surface area contributed by atoms with Crippen LogP contribution in [0.5, 0.6) is 0 Å². The number of ketones is 1. The molecule has 4 saturated carbocycles. The van der Waals surface area contributed by atoms with Crippen LogP contribution < -0.4 is 0 Å². The predicted molar refractivity (Wildman–Crippen MR) is 134 cm³/mol. The molecule has 0 spiro atoms. The molecule has 0 bridgehead atoms. The zero-order valence-electron chi connectivity index (χ0n) is 22.4. The standard InChI is InChI=1S/C30H44O5/c1-18-23(33)19(32)15-21-27(4)12-14-29(6)22-16-26(3,24(34)35)10-9-25(22,2)11-13-28(29,5)20(27)7-8-30(18,21)17-31/h15,17-18,20-22,32H,7-14,16H2,1-6H3,(H,34,35)/t18-,20+,21-,22-,25+,26+,27+,28+,29-,30-/m0/s1. The lowest BCUT2D eigenvalue weighted by Gasteiger charge is -2.74. The monoisotopic (exact) mass is 484 g/mol. The summed E-state index contributed by atoms with van der Waals surface area (Å²) in [6.45, 7) is 13.4. The van der Waals surface area contributed by atoms with Gasteiger partial charge in [0.1, 0.15) is 6.29 Å². The fourth-order valence-electron chi connectivity index (χ4n) is 10.7. The lowest BCUT2D eigenvalue weighted by molar-refractivity contribution is -0.248. The second-order valence-corrected chi connectivity index (χ2v) is 14.6. The van der Waals surface area contributed by atoms with Crippen molar-refractivity contribution in [1.82, 2.24) is 0 Å². The maximum Gasteiger partial charge on any atom is 0.309 e. The molecule has 5 nitrogen and oxygen atoms in total. The highest BCUT2D eigenvalue weighted by atomic mass is 16.4. The molecule has 0 aliphatic heterocycles. The van der Waals surface area contributed by atoms with Crippen molar-refractivity contribution in [3.05, 3.63) is 11.8 Å². The average Bonchev–Trinajstić information content (AvgIpc) is 2.81. The summed E-state index contributed by atoms with van der Waals surface area (Å²) in [4.78, 5) is 37.7. The fourth-order valence-corrected chi connectivity index (χ4v) is 10.7. The molecule has 5 heteroatoms. The molecule has 0 amide bonds. The third kappa shape index (κ3) is 2.84. The Morgan fingerprint density at radius 1 is 0.943 bits per heavy atom. The van der Waals surface area contributed by atoms with E-state index in [-0.39, 0.29) is 39.1 Å². The van der Waals surface area contributed by atoms with Gasteiger partial charge in [0.15, 0.2) is 5.76 Å². The Kier molecular flexibility index (Phi) is 5.16. The first-order chi connectivity index (χ1) is 16.1. The van der Waals surface area contributed by atoms with E-state index < -0.39 is 22.7 Å². The van der Waals surface area contributed by atoms with E-state index in [0.29, 0.717) is 18.3 Å². The summed E-state index contributed by atoms with van der Waals surface area (Å²) in [5.74, 6) is -1.07. The number of fused-ring (bicyclic) bond motifs is 7. The van der Waals surface area contributed by atoms with E-state index in [4.69, 9.17) is 0 Å². The topological polar surface area (TPSA) is 91.7 Å². The second-order valence-electron chi connectivity index (χ2n) is 14.6. The van der Waals surface area contributed by atoms with E-state index in [1.807, 2.05) is 13.8 Å². The molecule has 0 aromatic heterocycles. The third-order valence-electron chi connectivity index (χ3n) is 13.4. The number of carbonyl (C=O) groups excluding carboxylic acids is 2. The zero-order chi connectivity index (χ0) is 25.8. The van der Waals surface area contributed by atoms with E-state index in [1.54, 1.807) is 6.08 Å². The summed E-state index contributed by atoms with van der Waals surface area (Å²) in [5, 5.41) is 20.7. The molecule has 194 valence electrons. The molecular formula is C30H44O5. The number of Topliss-reactive ketones (excluding diaryl/α,β-unsaturated/α-hetero) is 1. The Bertz CT molecular complexity index is 1020. The van der Waals surface area contributed by atoms with Gasteiger partial charge >= 0.3 is 5.97 Å². The molecule has 0 aromatic carbocycles. The summed E-state index contributed by atoms with van der Waals surface area (Å²) in [5.41, 5.74) is -1.39. The molecule has 5 rings (SSSR count). The van der Waals surface area contributed by atoms with E-state index in [1.165, 1.54) is 0 Å². The first kappa shape index (κ1) is 25.0. The number of aliphatic hydroxyl groups excluding tert-OH is 1. The molecule has 35 heavy (non-hydrogen) atoms. The highest BCUT2D eigenvalue weighted by molar-refractivity contribution is 5.98. The van der Waals surface area contributed by atoms with Crippen molar-refractivity contribution in [2.24, 2.45) is 56.2 Å². The first-order valence-electron chi connectivity index (χ1n) is 13.8. The lowest BCUT2D eigenvalue weighted by Crippen LogP contribution is -2.68. The van der Waals surface area contributed by atoms with Crippen molar-refractivity contribution in [3.63, 3.8) is 0 Å². The highest BCUT2D eigenvalue weighted by Crippen LogP contribution is 2.78. The molecule has 5 aliphatic rings. The molecule has 4 fully saturated rings. The van der Waals surface area contributed by atoms with Crippen LogP contribution in [-0.2, 0) is 14.4 Å². The van der Waals surface area contributed by atoms with Crippen LogP contribution in [0.2, 0.25) is 0 Å².